The molecule has 0 saturated heterocycles. The molecular weight excluding hydrogens is 148 g/mol. The van der Waals surface area contributed by atoms with Crippen molar-refractivity contribution in [2.75, 3.05) is 6.61 Å². The lowest BCUT2D eigenvalue weighted by molar-refractivity contribution is 0.337. The van der Waals surface area contributed by atoms with Gasteiger partial charge in [-0.05, 0) is 50.5 Å². The predicted octanol–water partition coefficient (Wildman–Crippen LogP) is 3.01. The average molecular weight is 164 g/mol. The number of ether oxygens (including phenoxy) is 1. The summed E-state index contributed by atoms with van der Waals surface area (Å²) in [6, 6.07) is 4.27. The average Bonchev–Trinajstić information content (AvgIpc) is 2.01. The van der Waals surface area contributed by atoms with E-state index < -0.39 is 0 Å². The molecule has 0 spiro atoms. The minimum absolute atomic E-state index is 0.739. The number of hydrogen-bond donors (Lipinski definition) is 0. The molecule has 0 saturated carbocycles. The van der Waals surface area contributed by atoms with E-state index in [0.29, 0.717) is 0 Å². The first-order valence-electron chi connectivity index (χ1n) is 4.35. The van der Waals surface area contributed by atoms with Crippen molar-refractivity contribution in [3.8, 4) is 5.75 Å². The van der Waals surface area contributed by atoms with E-state index in [4.69, 9.17) is 4.74 Å². The van der Waals surface area contributed by atoms with Crippen LogP contribution in [0.25, 0.3) is 0 Å². The molecule has 1 aromatic rings. The third-order valence-corrected chi connectivity index (χ3v) is 2.09. The van der Waals surface area contributed by atoms with Crippen molar-refractivity contribution in [1.29, 1.82) is 0 Å². The Morgan fingerprint density at radius 1 is 1.00 bits per heavy atom. The van der Waals surface area contributed by atoms with Crippen LogP contribution in [0, 0.1) is 20.8 Å². The Morgan fingerprint density at radius 2 is 1.58 bits per heavy atom. The van der Waals surface area contributed by atoms with Crippen LogP contribution in [0.4, 0.5) is 0 Å². The number of rotatable bonds is 2. The lowest BCUT2D eigenvalue weighted by Crippen LogP contribution is -1.95. The molecule has 0 bridgehead atoms. The molecule has 1 nitrogen and oxygen atoms in total. The van der Waals surface area contributed by atoms with Crippen molar-refractivity contribution in [1.82, 2.24) is 0 Å². The Hall–Kier alpha value is -0.980. The van der Waals surface area contributed by atoms with E-state index in [1.165, 1.54) is 16.7 Å². The van der Waals surface area contributed by atoms with Gasteiger partial charge in [-0.2, -0.15) is 0 Å². The summed E-state index contributed by atoms with van der Waals surface area (Å²) in [5.74, 6) is 1.01. The van der Waals surface area contributed by atoms with Crippen LogP contribution in [0.2, 0.25) is 0 Å². The first-order chi connectivity index (χ1) is 5.65. The van der Waals surface area contributed by atoms with Crippen LogP contribution in [0.5, 0.6) is 5.75 Å². The van der Waals surface area contributed by atoms with E-state index in [2.05, 4.69) is 32.9 Å². The lowest BCUT2D eigenvalue weighted by Gasteiger charge is -2.09. The summed E-state index contributed by atoms with van der Waals surface area (Å²) in [6.45, 7) is 9.06. The fourth-order valence-electron chi connectivity index (χ4n) is 1.25. The smallest absolute Gasteiger partial charge is 0.122 e. The largest absolute Gasteiger partial charge is 0.494 e. The second-order valence-corrected chi connectivity index (χ2v) is 3.13. The van der Waals surface area contributed by atoms with E-state index in [1.54, 1.807) is 0 Å². The van der Waals surface area contributed by atoms with Crippen LogP contribution in [0.3, 0.4) is 0 Å². The monoisotopic (exact) mass is 164 g/mol. The highest BCUT2D eigenvalue weighted by Crippen LogP contribution is 2.21. The highest BCUT2D eigenvalue weighted by atomic mass is 16.5. The summed E-state index contributed by atoms with van der Waals surface area (Å²) in [5, 5.41) is 0. The normalized spacial score (nSPS) is 10.0. The molecule has 12 heavy (non-hydrogen) atoms. The topological polar surface area (TPSA) is 9.23 Å². The molecule has 0 aliphatic rings. The first kappa shape index (κ1) is 9.11. The minimum Gasteiger partial charge on any atom is -0.494 e. The molecule has 0 aromatic heterocycles. The Morgan fingerprint density at radius 3 is 2.17 bits per heavy atom. The van der Waals surface area contributed by atoms with Crippen LogP contribution in [-0.2, 0) is 0 Å². The van der Waals surface area contributed by atoms with Gasteiger partial charge in [0.2, 0.25) is 0 Å². The zero-order valence-electron chi connectivity index (χ0n) is 8.27. The van der Waals surface area contributed by atoms with Gasteiger partial charge in [-0.3, -0.25) is 0 Å². The van der Waals surface area contributed by atoms with E-state index in [1.807, 2.05) is 6.92 Å². The van der Waals surface area contributed by atoms with Crippen molar-refractivity contribution in [3.63, 3.8) is 0 Å². The molecule has 0 aliphatic heterocycles. The summed E-state index contributed by atoms with van der Waals surface area (Å²) in [6.07, 6.45) is 0. The van der Waals surface area contributed by atoms with Gasteiger partial charge in [0, 0.05) is 0 Å². The highest BCUT2D eigenvalue weighted by molar-refractivity contribution is 5.40. The molecule has 1 rings (SSSR count). The van der Waals surface area contributed by atoms with E-state index in [-0.39, 0.29) is 0 Å². The summed E-state index contributed by atoms with van der Waals surface area (Å²) >= 11 is 0. The van der Waals surface area contributed by atoms with E-state index in [9.17, 15) is 0 Å². The second kappa shape index (κ2) is 3.61. The molecule has 1 aromatic carbocycles. The third-order valence-electron chi connectivity index (χ3n) is 2.09. The summed E-state index contributed by atoms with van der Waals surface area (Å²) in [5.41, 5.74) is 3.85. The minimum atomic E-state index is 0.739. The number of aryl methyl sites for hydroxylation is 3. The van der Waals surface area contributed by atoms with Crippen LogP contribution in [0.15, 0.2) is 12.1 Å². The molecule has 0 aliphatic carbocycles. The molecule has 0 radical (unpaired) electrons. The molecule has 0 heterocycles. The van der Waals surface area contributed by atoms with Crippen molar-refractivity contribution in [3.05, 3.63) is 28.8 Å². The molecule has 1 heteroatoms. The van der Waals surface area contributed by atoms with Gasteiger partial charge in [-0.25, -0.2) is 0 Å². The summed E-state index contributed by atoms with van der Waals surface area (Å²) < 4.78 is 5.47. The zero-order chi connectivity index (χ0) is 9.14. The third kappa shape index (κ3) is 1.79. The fourth-order valence-corrected chi connectivity index (χ4v) is 1.25. The maximum Gasteiger partial charge on any atom is 0.122 e. The van der Waals surface area contributed by atoms with Crippen LogP contribution in [0.1, 0.15) is 23.6 Å². The molecule has 0 N–H and O–H groups in total. The van der Waals surface area contributed by atoms with Crippen LogP contribution < -0.4 is 4.74 Å². The molecule has 0 amide bonds. The highest BCUT2D eigenvalue weighted by Gasteiger charge is 2.00. The Kier molecular flexibility index (Phi) is 2.74. The van der Waals surface area contributed by atoms with Crippen LogP contribution >= 0.6 is 0 Å². The maximum absolute atomic E-state index is 5.47. The quantitative estimate of drug-likeness (QED) is 0.653. The van der Waals surface area contributed by atoms with Crippen molar-refractivity contribution in [2.24, 2.45) is 0 Å². The fraction of sp³-hybridized carbons (Fsp3) is 0.455. The van der Waals surface area contributed by atoms with Gasteiger partial charge in [-0.15, -0.1) is 0 Å². The Bertz CT molecular complexity index is 277. The Labute approximate surface area is 74.4 Å². The van der Waals surface area contributed by atoms with E-state index >= 15 is 0 Å². The lowest BCUT2D eigenvalue weighted by atomic mass is 10.1. The molecule has 0 atom stereocenters. The summed E-state index contributed by atoms with van der Waals surface area (Å²) in [7, 11) is 0. The van der Waals surface area contributed by atoms with Gasteiger partial charge in [0.05, 0.1) is 6.61 Å². The standard InChI is InChI=1S/C11H16O/c1-5-12-11-7-9(3)8(2)6-10(11)4/h6-7H,5H2,1-4H3. The van der Waals surface area contributed by atoms with Gasteiger partial charge >= 0.3 is 0 Å². The SMILES string of the molecule is CCOc1cc(C)c(C)cc1C. The van der Waals surface area contributed by atoms with Crippen molar-refractivity contribution >= 4 is 0 Å². The number of benzene rings is 1. The molecule has 0 unspecified atom stereocenters. The van der Waals surface area contributed by atoms with Crippen molar-refractivity contribution < 1.29 is 4.74 Å². The zero-order valence-corrected chi connectivity index (χ0v) is 8.27. The number of hydrogen-bond acceptors (Lipinski definition) is 1. The van der Waals surface area contributed by atoms with Gasteiger partial charge < -0.3 is 4.74 Å². The van der Waals surface area contributed by atoms with Gasteiger partial charge in [-0.1, -0.05) is 6.07 Å². The van der Waals surface area contributed by atoms with Crippen molar-refractivity contribution in [2.45, 2.75) is 27.7 Å². The second-order valence-electron chi connectivity index (χ2n) is 3.13. The molecule has 0 fully saturated rings. The van der Waals surface area contributed by atoms with E-state index in [0.717, 1.165) is 12.4 Å². The maximum atomic E-state index is 5.47. The summed E-state index contributed by atoms with van der Waals surface area (Å²) in [4.78, 5) is 0. The Balaban J connectivity index is 3.05. The first-order valence-corrected chi connectivity index (χ1v) is 4.35. The molecule has 66 valence electrons. The predicted molar refractivity (Wildman–Crippen MR) is 51.8 cm³/mol. The van der Waals surface area contributed by atoms with Gasteiger partial charge in [0.15, 0.2) is 0 Å². The van der Waals surface area contributed by atoms with Crippen LogP contribution in [-0.4, -0.2) is 6.61 Å². The molecular formula is C11H16O. The van der Waals surface area contributed by atoms with Gasteiger partial charge in [0.1, 0.15) is 5.75 Å². The van der Waals surface area contributed by atoms with Gasteiger partial charge in [0.25, 0.3) is 0 Å².